The van der Waals surface area contributed by atoms with Crippen molar-refractivity contribution in [2.75, 3.05) is 5.32 Å². The van der Waals surface area contributed by atoms with E-state index in [-0.39, 0.29) is 5.91 Å². The zero-order chi connectivity index (χ0) is 13.1. The Morgan fingerprint density at radius 1 is 1.28 bits per heavy atom. The van der Waals surface area contributed by atoms with Gasteiger partial charge in [-0.3, -0.25) is 10.1 Å². The van der Waals surface area contributed by atoms with Gasteiger partial charge in [-0.25, -0.2) is 0 Å². The van der Waals surface area contributed by atoms with E-state index in [1.165, 1.54) is 5.56 Å². The predicted molar refractivity (Wildman–Crippen MR) is 69.7 cm³/mol. The average molecular weight is 244 g/mol. The number of nitrogens with one attached hydrogen (secondary N) is 1. The van der Waals surface area contributed by atoms with E-state index in [0.29, 0.717) is 17.4 Å². The molecule has 0 bridgehead atoms. The van der Waals surface area contributed by atoms with Gasteiger partial charge in [0.05, 0.1) is 5.69 Å². The van der Waals surface area contributed by atoms with E-state index < -0.39 is 0 Å². The number of carbonyl (C=O) groups is 1. The normalized spacial score (nSPS) is 10.7. The highest BCUT2D eigenvalue weighted by Gasteiger charge is 2.09. The topological polar surface area (TPSA) is 55.1 Å². The fourth-order valence-electron chi connectivity index (χ4n) is 1.63. The molecule has 18 heavy (non-hydrogen) atoms. The van der Waals surface area contributed by atoms with E-state index in [4.69, 9.17) is 4.52 Å². The monoisotopic (exact) mass is 244 g/mol. The van der Waals surface area contributed by atoms with Crippen LogP contribution in [0.5, 0.6) is 0 Å². The molecular formula is C14H16N2O2. The first-order valence-electron chi connectivity index (χ1n) is 5.91. The van der Waals surface area contributed by atoms with E-state index >= 15 is 0 Å². The van der Waals surface area contributed by atoms with Gasteiger partial charge < -0.3 is 4.52 Å². The fraction of sp³-hybridized carbons (Fsp3) is 0.286. The number of amides is 1. The molecule has 1 heterocycles. The zero-order valence-corrected chi connectivity index (χ0v) is 10.7. The Kier molecular flexibility index (Phi) is 3.46. The van der Waals surface area contributed by atoms with Crippen molar-refractivity contribution in [3.8, 4) is 0 Å². The molecule has 0 saturated heterocycles. The smallest absolute Gasteiger partial charge is 0.258 e. The maximum absolute atomic E-state index is 11.9. The molecule has 1 amide bonds. The van der Waals surface area contributed by atoms with Crippen molar-refractivity contribution < 1.29 is 9.32 Å². The quantitative estimate of drug-likeness (QED) is 0.900. The summed E-state index contributed by atoms with van der Waals surface area (Å²) in [6, 6.07) is 9.23. The maximum Gasteiger partial charge on any atom is 0.258 e. The Morgan fingerprint density at radius 2 is 1.94 bits per heavy atom. The molecule has 0 aliphatic heterocycles. The third-order valence-electron chi connectivity index (χ3n) is 2.70. The molecule has 1 aromatic heterocycles. The predicted octanol–water partition coefficient (Wildman–Crippen LogP) is 3.36. The van der Waals surface area contributed by atoms with Crippen LogP contribution in [-0.4, -0.2) is 11.1 Å². The lowest BCUT2D eigenvalue weighted by molar-refractivity contribution is 0.102. The Balaban J connectivity index is 2.09. The summed E-state index contributed by atoms with van der Waals surface area (Å²) in [6.45, 7) is 6.04. The van der Waals surface area contributed by atoms with Crippen molar-refractivity contribution in [1.29, 1.82) is 0 Å². The molecule has 2 aromatic rings. The standard InChI is InChI=1S/C14H16N2O2/c1-9(2)11-4-6-12(7-5-11)14(17)15-13-8-10(3)16-18-13/h4-9H,1-3H3,(H,15,17). The molecule has 1 aromatic carbocycles. The molecule has 0 aliphatic carbocycles. The van der Waals surface area contributed by atoms with E-state index in [9.17, 15) is 4.79 Å². The van der Waals surface area contributed by atoms with Gasteiger partial charge in [-0.15, -0.1) is 0 Å². The number of aryl methyl sites for hydroxylation is 1. The van der Waals surface area contributed by atoms with Gasteiger partial charge in [0.15, 0.2) is 0 Å². The SMILES string of the molecule is Cc1cc(NC(=O)c2ccc(C(C)C)cc2)on1. The van der Waals surface area contributed by atoms with Crippen LogP contribution in [0, 0.1) is 6.92 Å². The number of benzene rings is 1. The third kappa shape index (κ3) is 2.77. The lowest BCUT2D eigenvalue weighted by Crippen LogP contribution is -2.11. The summed E-state index contributed by atoms with van der Waals surface area (Å²) in [5.74, 6) is 0.630. The van der Waals surface area contributed by atoms with Gasteiger partial charge in [0.1, 0.15) is 0 Å². The van der Waals surface area contributed by atoms with Crippen LogP contribution in [0.15, 0.2) is 34.9 Å². The number of nitrogens with zero attached hydrogens (tertiary/aromatic N) is 1. The van der Waals surface area contributed by atoms with Gasteiger partial charge in [0, 0.05) is 11.6 Å². The van der Waals surface area contributed by atoms with Crippen LogP contribution in [-0.2, 0) is 0 Å². The largest absolute Gasteiger partial charge is 0.338 e. The Bertz CT molecular complexity index is 541. The van der Waals surface area contributed by atoms with Crippen LogP contribution in [0.1, 0.15) is 41.4 Å². The van der Waals surface area contributed by atoms with Gasteiger partial charge in [0.2, 0.25) is 5.88 Å². The summed E-state index contributed by atoms with van der Waals surface area (Å²) in [7, 11) is 0. The highest BCUT2D eigenvalue weighted by molar-refractivity contribution is 6.03. The van der Waals surface area contributed by atoms with Crippen LogP contribution < -0.4 is 5.32 Å². The van der Waals surface area contributed by atoms with Crippen molar-refractivity contribution in [3.05, 3.63) is 47.2 Å². The van der Waals surface area contributed by atoms with E-state index in [2.05, 4.69) is 24.3 Å². The van der Waals surface area contributed by atoms with Crippen LogP contribution in [0.3, 0.4) is 0 Å². The minimum absolute atomic E-state index is 0.193. The minimum atomic E-state index is -0.193. The molecule has 0 spiro atoms. The van der Waals surface area contributed by atoms with E-state index in [1.54, 1.807) is 13.0 Å². The number of rotatable bonds is 3. The van der Waals surface area contributed by atoms with Gasteiger partial charge in [-0.05, 0) is 30.5 Å². The molecule has 0 radical (unpaired) electrons. The fourth-order valence-corrected chi connectivity index (χ4v) is 1.63. The Morgan fingerprint density at radius 3 is 2.44 bits per heavy atom. The molecule has 4 nitrogen and oxygen atoms in total. The Hall–Kier alpha value is -2.10. The van der Waals surface area contributed by atoms with Crippen molar-refractivity contribution in [2.45, 2.75) is 26.7 Å². The summed E-state index contributed by atoms with van der Waals surface area (Å²) in [4.78, 5) is 11.9. The molecule has 0 fully saturated rings. The third-order valence-corrected chi connectivity index (χ3v) is 2.70. The van der Waals surface area contributed by atoms with Crippen molar-refractivity contribution in [3.63, 3.8) is 0 Å². The number of aromatic nitrogens is 1. The molecule has 94 valence electrons. The molecule has 4 heteroatoms. The first-order valence-corrected chi connectivity index (χ1v) is 5.91. The summed E-state index contributed by atoms with van der Waals surface area (Å²) in [5, 5.41) is 6.37. The molecule has 0 aliphatic rings. The van der Waals surface area contributed by atoms with Crippen molar-refractivity contribution >= 4 is 11.8 Å². The molecule has 0 atom stereocenters. The van der Waals surface area contributed by atoms with Gasteiger partial charge in [0.25, 0.3) is 5.91 Å². The first-order chi connectivity index (χ1) is 8.56. The zero-order valence-electron chi connectivity index (χ0n) is 10.7. The number of hydrogen-bond acceptors (Lipinski definition) is 3. The lowest BCUT2D eigenvalue weighted by atomic mass is 10.0. The second-order valence-electron chi connectivity index (χ2n) is 4.56. The summed E-state index contributed by atoms with van der Waals surface area (Å²) in [6.07, 6.45) is 0. The molecule has 0 saturated carbocycles. The lowest BCUT2D eigenvalue weighted by Gasteiger charge is -2.06. The molecule has 2 rings (SSSR count). The van der Waals surface area contributed by atoms with Crippen LogP contribution in [0.2, 0.25) is 0 Å². The first kappa shape index (κ1) is 12.4. The highest BCUT2D eigenvalue weighted by Crippen LogP contribution is 2.16. The summed E-state index contributed by atoms with van der Waals surface area (Å²) < 4.78 is 4.94. The van der Waals surface area contributed by atoms with Crippen molar-refractivity contribution in [1.82, 2.24) is 5.16 Å². The Labute approximate surface area is 106 Å². The summed E-state index contributed by atoms with van der Waals surface area (Å²) >= 11 is 0. The van der Waals surface area contributed by atoms with Crippen LogP contribution >= 0.6 is 0 Å². The average Bonchev–Trinajstić information content (AvgIpc) is 2.75. The number of hydrogen-bond donors (Lipinski definition) is 1. The second-order valence-corrected chi connectivity index (χ2v) is 4.56. The maximum atomic E-state index is 11.9. The van der Waals surface area contributed by atoms with E-state index in [1.807, 2.05) is 24.3 Å². The van der Waals surface area contributed by atoms with Gasteiger partial charge >= 0.3 is 0 Å². The van der Waals surface area contributed by atoms with Gasteiger partial charge in [-0.2, -0.15) is 0 Å². The van der Waals surface area contributed by atoms with Crippen molar-refractivity contribution in [2.24, 2.45) is 0 Å². The van der Waals surface area contributed by atoms with Crippen LogP contribution in [0.25, 0.3) is 0 Å². The second kappa shape index (κ2) is 5.04. The molecular weight excluding hydrogens is 228 g/mol. The number of carbonyl (C=O) groups excluding carboxylic acids is 1. The molecule has 0 unspecified atom stereocenters. The van der Waals surface area contributed by atoms with Crippen LogP contribution in [0.4, 0.5) is 5.88 Å². The highest BCUT2D eigenvalue weighted by atomic mass is 16.5. The molecule has 1 N–H and O–H groups in total. The minimum Gasteiger partial charge on any atom is -0.338 e. The summed E-state index contributed by atoms with van der Waals surface area (Å²) in [5.41, 5.74) is 2.55. The number of anilines is 1. The van der Waals surface area contributed by atoms with E-state index in [0.717, 1.165) is 5.69 Å². The van der Waals surface area contributed by atoms with Gasteiger partial charge in [-0.1, -0.05) is 31.1 Å².